The third-order valence-electron chi connectivity index (χ3n) is 4.45. The van der Waals surface area contributed by atoms with Crippen LogP contribution in [-0.4, -0.2) is 44.3 Å². The van der Waals surface area contributed by atoms with Crippen LogP contribution >= 0.6 is 31.9 Å². The molecule has 0 saturated heterocycles. The Morgan fingerprint density at radius 2 is 1.72 bits per heavy atom. The smallest absolute Gasteiger partial charge is 0.257 e. The van der Waals surface area contributed by atoms with Gasteiger partial charge in [-0.2, -0.15) is 0 Å². The molecule has 0 aliphatic rings. The van der Waals surface area contributed by atoms with Crippen LogP contribution in [-0.2, 0) is 6.54 Å². The fourth-order valence-corrected chi connectivity index (χ4v) is 4.34. The standard InChI is InChI=1S/C20H19Br2NO6/c1-23(8-10-5-14(26-2)19(28-4)15(6-10)27-3)20(25)11-9-29-13-7-12(21)18(24)17(22)16(11)13/h5-7,9,24H,8H2,1-4H3. The highest BCUT2D eigenvalue weighted by Gasteiger charge is 2.23. The number of methoxy groups -OCH3 is 3. The van der Waals surface area contributed by atoms with Crippen molar-refractivity contribution in [3.63, 3.8) is 0 Å². The van der Waals surface area contributed by atoms with Crippen LogP contribution in [0.15, 0.2) is 37.8 Å². The Kier molecular flexibility index (Phi) is 6.28. The van der Waals surface area contributed by atoms with Gasteiger partial charge in [-0.15, -0.1) is 0 Å². The van der Waals surface area contributed by atoms with Gasteiger partial charge in [-0.3, -0.25) is 4.79 Å². The van der Waals surface area contributed by atoms with E-state index in [1.807, 2.05) is 0 Å². The first-order valence-electron chi connectivity index (χ1n) is 8.44. The molecular weight excluding hydrogens is 510 g/mol. The molecule has 7 nitrogen and oxygen atoms in total. The molecule has 0 spiro atoms. The fourth-order valence-electron chi connectivity index (χ4n) is 3.05. The Hall–Kier alpha value is -2.39. The average Bonchev–Trinajstić information content (AvgIpc) is 3.14. The van der Waals surface area contributed by atoms with Gasteiger partial charge in [-0.25, -0.2) is 0 Å². The molecule has 0 aliphatic carbocycles. The normalized spacial score (nSPS) is 10.8. The van der Waals surface area contributed by atoms with Crippen molar-refractivity contribution in [1.82, 2.24) is 4.90 Å². The second-order valence-electron chi connectivity index (χ2n) is 6.24. The Bertz CT molecular complexity index is 1050. The average molecular weight is 529 g/mol. The molecule has 1 amide bonds. The second-order valence-corrected chi connectivity index (χ2v) is 7.89. The predicted octanol–water partition coefficient (Wildman–Crippen LogP) is 4.96. The van der Waals surface area contributed by atoms with Gasteiger partial charge in [-0.1, -0.05) is 0 Å². The molecule has 2 aromatic carbocycles. The number of phenolic OH excluding ortho intramolecular Hbond substituents is 1. The molecule has 1 aromatic heterocycles. The van der Waals surface area contributed by atoms with E-state index >= 15 is 0 Å². The monoisotopic (exact) mass is 527 g/mol. The quantitative estimate of drug-likeness (QED) is 0.487. The number of nitrogens with zero attached hydrogens (tertiary/aromatic N) is 1. The number of rotatable bonds is 6. The predicted molar refractivity (Wildman–Crippen MR) is 115 cm³/mol. The SMILES string of the molecule is COc1cc(CN(C)C(=O)c2coc3cc(Br)c(O)c(Br)c23)cc(OC)c1OC. The summed E-state index contributed by atoms with van der Waals surface area (Å²) in [6.07, 6.45) is 1.38. The number of aromatic hydroxyl groups is 1. The van der Waals surface area contributed by atoms with E-state index in [0.29, 0.717) is 49.3 Å². The number of benzene rings is 2. The zero-order chi connectivity index (χ0) is 21.3. The first kappa shape index (κ1) is 21.3. The topological polar surface area (TPSA) is 81.4 Å². The van der Waals surface area contributed by atoms with Crippen molar-refractivity contribution in [2.24, 2.45) is 0 Å². The highest BCUT2D eigenvalue weighted by atomic mass is 79.9. The number of amides is 1. The lowest BCUT2D eigenvalue weighted by atomic mass is 10.1. The zero-order valence-corrected chi connectivity index (χ0v) is 19.4. The van der Waals surface area contributed by atoms with E-state index in [4.69, 9.17) is 18.6 Å². The Morgan fingerprint density at radius 1 is 1.10 bits per heavy atom. The molecule has 0 fully saturated rings. The van der Waals surface area contributed by atoms with E-state index in [1.54, 1.807) is 25.2 Å². The summed E-state index contributed by atoms with van der Waals surface area (Å²) in [5, 5.41) is 10.7. The number of hydrogen-bond acceptors (Lipinski definition) is 6. The van der Waals surface area contributed by atoms with Crippen molar-refractivity contribution in [2.75, 3.05) is 28.4 Å². The molecule has 29 heavy (non-hydrogen) atoms. The fraction of sp³-hybridized carbons (Fsp3) is 0.250. The van der Waals surface area contributed by atoms with Gasteiger partial charge in [0.25, 0.3) is 5.91 Å². The minimum atomic E-state index is -0.264. The lowest BCUT2D eigenvalue weighted by Gasteiger charge is -2.19. The van der Waals surface area contributed by atoms with Gasteiger partial charge < -0.3 is 28.6 Å². The first-order valence-corrected chi connectivity index (χ1v) is 10.0. The molecule has 9 heteroatoms. The lowest BCUT2D eigenvalue weighted by molar-refractivity contribution is 0.0785. The Labute approximate surface area is 184 Å². The van der Waals surface area contributed by atoms with Crippen LogP contribution in [0, 0.1) is 0 Å². The summed E-state index contributed by atoms with van der Waals surface area (Å²) in [6, 6.07) is 5.19. The minimum Gasteiger partial charge on any atom is -0.506 e. The summed E-state index contributed by atoms with van der Waals surface area (Å²) in [7, 11) is 6.29. The maximum atomic E-state index is 13.1. The van der Waals surface area contributed by atoms with E-state index in [2.05, 4.69) is 31.9 Å². The summed E-state index contributed by atoms with van der Waals surface area (Å²) in [5.41, 5.74) is 1.61. The molecule has 0 bridgehead atoms. The van der Waals surface area contributed by atoms with Gasteiger partial charge >= 0.3 is 0 Å². The highest BCUT2D eigenvalue weighted by molar-refractivity contribution is 9.11. The van der Waals surface area contributed by atoms with Crippen molar-refractivity contribution in [1.29, 1.82) is 0 Å². The van der Waals surface area contributed by atoms with Crippen LogP contribution in [0.25, 0.3) is 11.0 Å². The third kappa shape index (κ3) is 3.89. The number of halogens is 2. The minimum absolute atomic E-state index is 0.000213. The van der Waals surface area contributed by atoms with E-state index in [9.17, 15) is 9.90 Å². The summed E-state index contributed by atoms with van der Waals surface area (Å²) >= 11 is 6.60. The molecule has 3 aromatic rings. The zero-order valence-electron chi connectivity index (χ0n) is 16.2. The summed E-state index contributed by atoms with van der Waals surface area (Å²) in [4.78, 5) is 14.6. The molecule has 3 rings (SSSR count). The molecule has 0 unspecified atom stereocenters. The first-order chi connectivity index (χ1) is 13.8. The Balaban J connectivity index is 1.94. The van der Waals surface area contributed by atoms with E-state index < -0.39 is 0 Å². The van der Waals surface area contributed by atoms with Crippen LogP contribution < -0.4 is 14.2 Å². The van der Waals surface area contributed by atoms with Gasteiger partial charge in [0.05, 0.1) is 41.2 Å². The number of fused-ring (bicyclic) bond motifs is 1. The number of furan rings is 1. The number of phenols is 1. The summed E-state index contributed by atoms with van der Waals surface area (Å²) in [5.74, 6) is 1.24. The van der Waals surface area contributed by atoms with Gasteiger partial charge in [0.2, 0.25) is 5.75 Å². The molecule has 1 N–H and O–H groups in total. The molecule has 1 heterocycles. The number of ether oxygens (including phenoxy) is 3. The van der Waals surface area contributed by atoms with Crippen LogP contribution in [0.4, 0.5) is 0 Å². The van der Waals surface area contributed by atoms with E-state index in [1.165, 1.54) is 32.5 Å². The number of carbonyl (C=O) groups excluding carboxylic acids is 1. The molecular formula is C20H19Br2NO6. The third-order valence-corrected chi connectivity index (χ3v) is 5.83. The maximum absolute atomic E-state index is 13.1. The highest BCUT2D eigenvalue weighted by Crippen LogP contribution is 2.41. The summed E-state index contributed by atoms with van der Waals surface area (Å²) in [6.45, 7) is 0.294. The van der Waals surface area contributed by atoms with Gasteiger partial charge in [0.15, 0.2) is 11.5 Å². The largest absolute Gasteiger partial charge is 0.506 e. The Morgan fingerprint density at radius 3 is 2.28 bits per heavy atom. The molecule has 0 radical (unpaired) electrons. The second kappa shape index (κ2) is 8.54. The molecule has 0 aliphatic heterocycles. The van der Waals surface area contributed by atoms with E-state index in [0.717, 1.165) is 5.56 Å². The van der Waals surface area contributed by atoms with Crippen molar-refractivity contribution in [3.05, 3.63) is 44.5 Å². The number of carbonyl (C=O) groups is 1. The van der Waals surface area contributed by atoms with Crippen molar-refractivity contribution in [3.8, 4) is 23.0 Å². The lowest BCUT2D eigenvalue weighted by Crippen LogP contribution is -2.26. The van der Waals surface area contributed by atoms with Gasteiger partial charge in [0.1, 0.15) is 17.6 Å². The van der Waals surface area contributed by atoms with Crippen molar-refractivity contribution >= 4 is 48.7 Å². The molecule has 154 valence electrons. The van der Waals surface area contributed by atoms with Gasteiger partial charge in [-0.05, 0) is 55.6 Å². The van der Waals surface area contributed by atoms with Gasteiger partial charge in [0, 0.05) is 13.6 Å². The van der Waals surface area contributed by atoms with Crippen LogP contribution in [0.1, 0.15) is 15.9 Å². The maximum Gasteiger partial charge on any atom is 0.257 e. The van der Waals surface area contributed by atoms with Crippen LogP contribution in [0.5, 0.6) is 23.0 Å². The van der Waals surface area contributed by atoms with Crippen molar-refractivity contribution in [2.45, 2.75) is 6.54 Å². The molecule has 0 atom stereocenters. The van der Waals surface area contributed by atoms with Crippen molar-refractivity contribution < 1.29 is 28.5 Å². The van der Waals surface area contributed by atoms with Crippen LogP contribution in [0.2, 0.25) is 0 Å². The number of hydrogen-bond donors (Lipinski definition) is 1. The van der Waals surface area contributed by atoms with E-state index in [-0.39, 0.29) is 11.7 Å². The summed E-state index contributed by atoms with van der Waals surface area (Å²) < 4.78 is 22.4. The van der Waals surface area contributed by atoms with Crippen LogP contribution in [0.3, 0.4) is 0 Å². The molecule has 0 saturated carbocycles.